The molecule has 2 heterocycles. The van der Waals surface area contributed by atoms with Crippen molar-refractivity contribution in [1.29, 1.82) is 0 Å². The van der Waals surface area contributed by atoms with E-state index in [2.05, 4.69) is 21.1 Å². The van der Waals surface area contributed by atoms with Crippen LogP contribution in [0.3, 0.4) is 0 Å². The van der Waals surface area contributed by atoms with E-state index >= 15 is 0 Å². The molecule has 1 aliphatic rings. The van der Waals surface area contributed by atoms with Crippen LogP contribution >= 0.6 is 0 Å². The van der Waals surface area contributed by atoms with Crippen molar-refractivity contribution in [1.82, 2.24) is 21.1 Å². The first-order valence-corrected chi connectivity index (χ1v) is 9.72. The summed E-state index contributed by atoms with van der Waals surface area (Å²) in [7, 11) is 0. The van der Waals surface area contributed by atoms with Gasteiger partial charge in [-0.15, -0.1) is 0 Å². The van der Waals surface area contributed by atoms with Crippen molar-refractivity contribution in [2.75, 3.05) is 6.54 Å². The van der Waals surface area contributed by atoms with Gasteiger partial charge in [-0.25, -0.2) is 4.79 Å². The Morgan fingerprint density at radius 1 is 1.12 bits per heavy atom. The number of urea groups is 1. The van der Waals surface area contributed by atoms with Crippen molar-refractivity contribution in [3.8, 4) is 11.1 Å². The maximum absolute atomic E-state index is 13.0. The van der Waals surface area contributed by atoms with E-state index in [-0.39, 0.29) is 17.7 Å². The molecule has 3 N–H and O–H groups in total. The molecule has 1 fully saturated rings. The summed E-state index contributed by atoms with van der Waals surface area (Å²) >= 11 is 0. The van der Waals surface area contributed by atoms with Crippen LogP contribution in [-0.4, -0.2) is 29.5 Å². The summed E-state index contributed by atoms with van der Waals surface area (Å²) in [5, 5.41) is 11.0. The molecule has 1 aromatic heterocycles. The molecule has 4 rings (SSSR count). The minimum atomic E-state index is -4.48. The first kappa shape index (κ1) is 22.1. The number of nitrogens with one attached hydrogen (secondary N) is 3. The number of carbonyl (C=O) groups is 3. The van der Waals surface area contributed by atoms with Gasteiger partial charge >= 0.3 is 12.2 Å². The number of rotatable bonds is 5. The summed E-state index contributed by atoms with van der Waals surface area (Å²) in [6.45, 7) is 1.27. The van der Waals surface area contributed by atoms with Gasteiger partial charge in [-0.1, -0.05) is 35.5 Å². The minimum absolute atomic E-state index is 0.180. The van der Waals surface area contributed by atoms with Crippen LogP contribution in [0.5, 0.6) is 0 Å². The molecule has 33 heavy (non-hydrogen) atoms. The number of aryl methyl sites for hydroxylation is 1. The Labute approximate surface area is 185 Å². The van der Waals surface area contributed by atoms with Crippen molar-refractivity contribution in [3.63, 3.8) is 0 Å². The van der Waals surface area contributed by atoms with Gasteiger partial charge in [-0.3, -0.25) is 14.9 Å². The average molecular weight is 458 g/mol. The van der Waals surface area contributed by atoms with Crippen molar-refractivity contribution >= 4 is 17.8 Å². The molecule has 1 aliphatic heterocycles. The van der Waals surface area contributed by atoms with Crippen LogP contribution in [0.15, 0.2) is 59.3 Å². The summed E-state index contributed by atoms with van der Waals surface area (Å²) in [5.74, 6) is -1.27. The number of halogens is 3. The van der Waals surface area contributed by atoms with E-state index in [0.29, 0.717) is 16.8 Å². The molecule has 8 nitrogen and oxygen atoms in total. The Kier molecular flexibility index (Phi) is 5.40. The van der Waals surface area contributed by atoms with Crippen molar-refractivity contribution < 1.29 is 32.1 Å². The number of alkyl halides is 3. The highest BCUT2D eigenvalue weighted by atomic mass is 19.4. The van der Waals surface area contributed by atoms with Gasteiger partial charge < -0.3 is 15.2 Å². The van der Waals surface area contributed by atoms with Crippen LogP contribution in [0.4, 0.5) is 18.0 Å². The number of aromatic nitrogens is 1. The van der Waals surface area contributed by atoms with E-state index in [1.165, 1.54) is 24.5 Å². The van der Waals surface area contributed by atoms with Gasteiger partial charge in [0.05, 0.1) is 23.4 Å². The van der Waals surface area contributed by atoms with Gasteiger partial charge in [0.2, 0.25) is 0 Å². The molecule has 4 amide bonds. The fourth-order valence-corrected chi connectivity index (χ4v) is 3.68. The Balaban J connectivity index is 1.61. The molecule has 1 atom stereocenters. The van der Waals surface area contributed by atoms with Gasteiger partial charge in [0.15, 0.2) is 5.54 Å². The normalized spacial score (nSPS) is 18.1. The highest BCUT2D eigenvalue weighted by molar-refractivity contribution is 6.08. The molecule has 0 spiro atoms. The number of nitrogens with zero attached hydrogens (tertiary/aromatic N) is 1. The van der Waals surface area contributed by atoms with E-state index in [0.717, 1.165) is 12.1 Å². The molecule has 0 aliphatic carbocycles. The molecular weight excluding hydrogens is 441 g/mol. The van der Waals surface area contributed by atoms with Crippen LogP contribution in [0, 0.1) is 6.92 Å². The van der Waals surface area contributed by atoms with Crippen LogP contribution in [0.25, 0.3) is 11.1 Å². The SMILES string of the molecule is Cc1nocc1[C@]1(CNC(=O)c2ccccc2-c2ccc(C(F)(F)F)cc2)NC(=O)NC1=O. The summed E-state index contributed by atoms with van der Waals surface area (Å²) in [4.78, 5) is 37.5. The zero-order valence-corrected chi connectivity index (χ0v) is 17.1. The third-order valence-electron chi connectivity index (χ3n) is 5.36. The third-order valence-corrected chi connectivity index (χ3v) is 5.36. The largest absolute Gasteiger partial charge is 0.416 e. The standard InChI is InChI=1S/C22H17F3N4O4/c1-12-17(10-33-29-12)21(19(31)27-20(32)28-21)11-26-18(30)16-5-3-2-4-15(16)13-6-8-14(9-7-13)22(23,24)25/h2-10H,11H2,1H3,(H,26,30)(H2,27,28,31,32)/t21-/m0/s1. The zero-order valence-electron chi connectivity index (χ0n) is 17.1. The maximum atomic E-state index is 13.0. The molecule has 11 heteroatoms. The van der Waals surface area contributed by atoms with Crippen molar-refractivity contribution in [3.05, 3.63) is 77.2 Å². The summed E-state index contributed by atoms with van der Waals surface area (Å²) in [5.41, 5.74) is -0.806. The van der Waals surface area contributed by atoms with E-state index in [1.54, 1.807) is 25.1 Å². The predicted molar refractivity (Wildman–Crippen MR) is 109 cm³/mol. The van der Waals surface area contributed by atoms with Crippen LogP contribution in [0.2, 0.25) is 0 Å². The number of amides is 4. The maximum Gasteiger partial charge on any atom is 0.416 e. The molecule has 0 unspecified atom stereocenters. The van der Waals surface area contributed by atoms with E-state index in [1.807, 2.05) is 0 Å². The molecule has 0 radical (unpaired) electrons. The molecule has 0 saturated carbocycles. The second-order valence-corrected chi connectivity index (χ2v) is 7.43. The summed E-state index contributed by atoms with van der Waals surface area (Å²) in [6, 6.07) is 10.1. The monoisotopic (exact) mass is 458 g/mol. The molecule has 1 saturated heterocycles. The Morgan fingerprint density at radius 3 is 2.39 bits per heavy atom. The van der Waals surface area contributed by atoms with E-state index in [4.69, 9.17) is 4.52 Å². The lowest BCUT2D eigenvalue weighted by atomic mass is 9.90. The Hall–Kier alpha value is -4.15. The fraction of sp³-hybridized carbons (Fsp3) is 0.182. The highest BCUT2D eigenvalue weighted by Crippen LogP contribution is 2.32. The van der Waals surface area contributed by atoms with Crippen LogP contribution in [0.1, 0.15) is 27.2 Å². The van der Waals surface area contributed by atoms with Gasteiger partial charge in [0, 0.05) is 5.56 Å². The van der Waals surface area contributed by atoms with Gasteiger partial charge in [-0.05, 0) is 36.2 Å². The number of imide groups is 1. The highest BCUT2D eigenvalue weighted by Gasteiger charge is 2.50. The lowest BCUT2D eigenvalue weighted by Gasteiger charge is -2.25. The first-order chi connectivity index (χ1) is 15.6. The average Bonchev–Trinajstić information content (AvgIpc) is 3.34. The number of carbonyl (C=O) groups excluding carboxylic acids is 3. The number of benzene rings is 2. The predicted octanol–water partition coefficient (Wildman–Crippen LogP) is 3.13. The smallest absolute Gasteiger partial charge is 0.364 e. The molecule has 0 bridgehead atoms. The van der Waals surface area contributed by atoms with E-state index in [9.17, 15) is 27.6 Å². The Morgan fingerprint density at radius 2 is 1.82 bits per heavy atom. The van der Waals surface area contributed by atoms with Gasteiger partial charge in [0.25, 0.3) is 11.8 Å². The minimum Gasteiger partial charge on any atom is -0.364 e. The number of hydrogen-bond donors (Lipinski definition) is 3. The second-order valence-electron chi connectivity index (χ2n) is 7.43. The quantitative estimate of drug-likeness (QED) is 0.509. The Bertz CT molecular complexity index is 1240. The molecule has 3 aromatic rings. The molecular formula is C22H17F3N4O4. The van der Waals surface area contributed by atoms with Crippen molar-refractivity contribution in [2.45, 2.75) is 18.6 Å². The summed E-state index contributed by atoms with van der Waals surface area (Å²) in [6.07, 6.45) is -3.26. The van der Waals surface area contributed by atoms with E-state index < -0.39 is 35.1 Å². The first-order valence-electron chi connectivity index (χ1n) is 9.72. The zero-order chi connectivity index (χ0) is 23.8. The number of hydrogen-bond acceptors (Lipinski definition) is 5. The second kappa shape index (κ2) is 8.08. The van der Waals surface area contributed by atoms with Gasteiger partial charge in [0.1, 0.15) is 6.26 Å². The molecule has 170 valence electrons. The lowest BCUT2D eigenvalue weighted by molar-refractivity contribution is -0.137. The topological polar surface area (TPSA) is 113 Å². The summed E-state index contributed by atoms with van der Waals surface area (Å²) < 4.78 is 43.5. The van der Waals surface area contributed by atoms with Crippen LogP contribution in [-0.2, 0) is 16.5 Å². The molecule has 2 aromatic carbocycles. The van der Waals surface area contributed by atoms with Crippen molar-refractivity contribution in [2.24, 2.45) is 0 Å². The lowest BCUT2D eigenvalue weighted by Crippen LogP contribution is -2.52. The third kappa shape index (κ3) is 4.04. The van der Waals surface area contributed by atoms with Gasteiger partial charge in [-0.2, -0.15) is 13.2 Å². The fourth-order valence-electron chi connectivity index (χ4n) is 3.68. The van der Waals surface area contributed by atoms with Crippen LogP contribution < -0.4 is 16.0 Å².